The number of hydrogen-bond donors (Lipinski definition) is 1. The van der Waals surface area contributed by atoms with Crippen molar-refractivity contribution < 1.29 is 14.0 Å². The number of benzene rings is 2. The van der Waals surface area contributed by atoms with Gasteiger partial charge in [-0.3, -0.25) is 19.8 Å². The van der Waals surface area contributed by atoms with E-state index in [1.54, 1.807) is 24.3 Å². The minimum atomic E-state index is -0.681. The molecule has 1 aliphatic rings. The molecule has 2 aromatic rings. The van der Waals surface area contributed by atoms with E-state index >= 15 is 0 Å². The quantitative estimate of drug-likeness (QED) is 0.436. The standard InChI is InChI=1S/C17H9BrClFN2O2S/c18-10-1-6-14(20)9(7-10)8-13-15(23)21-17(25)22(16(13)24)12-4-2-11(19)3-5-12/h1-8H,(H,21,23,25)/b13-8+. The number of carbonyl (C=O) groups is 2. The number of nitrogens with one attached hydrogen (secondary N) is 1. The van der Waals surface area contributed by atoms with Crippen molar-refractivity contribution in [2.45, 2.75) is 0 Å². The highest BCUT2D eigenvalue weighted by molar-refractivity contribution is 9.10. The Labute approximate surface area is 161 Å². The molecular formula is C17H9BrClFN2O2S. The van der Waals surface area contributed by atoms with Crippen LogP contribution >= 0.6 is 39.7 Å². The fourth-order valence-electron chi connectivity index (χ4n) is 2.26. The van der Waals surface area contributed by atoms with Gasteiger partial charge in [0.15, 0.2) is 5.11 Å². The third-order valence-electron chi connectivity index (χ3n) is 3.44. The van der Waals surface area contributed by atoms with Crippen molar-refractivity contribution in [2.75, 3.05) is 4.90 Å². The first-order chi connectivity index (χ1) is 11.9. The zero-order valence-electron chi connectivity index (χ0n) is 12.4. The molecule has 3 rings (SSSR count). The summed E-state index contributed by atoms with van der Waals surface area (Å²) in [5.41, 5.74) is 0.331. The Bertz CT molecular complexity index is 931. The maximum atomic E-state index is 14.0. The average molecular weight is 440 g/mol. The fourth-order valence-corrected chi connectivity index (χ4v) is 3.05. The molecule has 8 heteroatoms. The summed E-state index contributed by atoms with van der Waals surface area (Å²) in [6.45, 7) is 0. The van der Waals surface area contributed by atoms with Gasteiger partial charge in [0.25, 0.3) is 11.8 Å². The smallest absolute Gasteiger partial charge is 0.270 e. The van der Waals surface area contributed by atoms with Crippen molar-refractivity contribution >= 4 is 68.4 Å². The van der Waals surface area contributed by atoms with Crippen molar-refractivity contribution in [1.29, 1.82) is 0 Å². The summed E-state index contributed by atoms with van der Waals surface area (Å²) in [4.78, 5) is 26.1. The minimum Gasteiger partial charge on any atom is -0.298 e. The van der Waals surface area contributed by atoms with Gasteiger partial charge in [0, 0.05) is 15.1 Å². The Hall–Kier alpha value is -2.09. The second-order valence-electron chi connectivity index (χ2n) is 5.10. The molecule has 0 radical (unpaired) electrons. The third-order valence-corrected chi connectivity index (χ3v) is 4.47. The number of rotatable bonds is 2. The van der Waals surface area contributed by atoms with E-state index in [-0.39, 0.29) is 16.2 Å². The third kappa shape index (κ3) is 3.63. The number of thiocarbonyl (C=S) groups is 1. The van der Waals surface area contributed by atoms with Crippen LogP contribution in [0.25, 0.3) is 6.08 Å². The molecule has 1 heterocycles. The molecule has 25 heavy (non-hydrogen) atoms. The first-order valence-electron chi connectivity index (χ1n) is 6.99. The maximum absolute atomic E-state index is 14.0. The monoisotopic (exact) mass is 438 g/mol. The zero-order valence-corrected chi connectivity index (χ0v) is 15.6. The Morgan fingerprint density at radius 2 is 1.84 bits per heavy atom. The lowest BCUT2D eigenvalue weighted by atomic mass is 10.1. The topological polar surface area (TPSA) is 49.4 Å². The first-order valence-corrected chi connectivity index (χ1v) is 8.57. The van der Waals surface area contributed by atoms with Crippen LogP contribution in [0.15, 0.2) is 52.5 Å². The summed E-state index contributed by atoms with van der Waals surface area (Å²) in [7, 11) is 0. The number of anilines is 1. The molecule has 0 saturated carbocycles. The number of amides is 2. The Kier molecular flexibility index (Phi) is 4.99. The predicted octanol–water partition coefficient (Wildman–Crippen LogP) is 4.07. The summed E-state index contributed by atoms with van der Waals surface area (Å²) in [5, 5.41) is 2.88. The first kappa shape index (κ1) is 17.7. The minimum absolute atomic E-state index is 0.0517. The lowest BCUT2D eigenvalue weighted by Gasteiger charge is -2.29. The second kappa shape index (κ2) is 7.03. The van der Waals surface area contributed by atoms with Crippen molar-refractivity contribution in [3.63, 3.8) is 0 Å². The fraction of sp³-hybridized carbons (Fsp3) is 0. The van der Waals surface area contributed by atoms with Gasteiger partial charge in [-0.25, -0.2) is 4.39 Å². The molecule has 2 amide bonds. The van der Waals surface area contributed by atoms with Gasteiger partial charge in [0.05, 0.1) is 5.69 Å². The van der Waals surface area contributed by atoms with E-state index in [4.69, 9.17) is 23.8 Å². The van der Waals surface area contributed by atoms with Crippen LogP contribution in [0, 0.1) is 5.82 Å². The van der Waals surface area contributed by atoms with Crippen LogP contribution < -0.4 is 10.2 Å². The highest BCUT2D eigenvalue weighted by atomic mass is 79.9. The maximum Gasteiger partial charge on any atom is 0.270 e. The van der Waals surface area contributed by atoms with Crippen molar-refractivity contribution in [3.8, 4) is 0 Å². The molecular weight excluding hydrogens is 431 g/mol. The van der Waals surface area contributed by atoms with E-state index in [1.165, 1.54) is 24.3 Å². The number of halogens is 3. The predicted molar refractivity (Wildman–Crippen MR) is 102 cm³/mol. The van der Waals surface area contributed by atoms with E-state index in [2.05, 4.69) is 21.2 Å². The van der Waals surface area contributed by atoms with Crippen LogP contribution in [-0.4, -0.2) is 16.9 Å². The number of hydrogen-bond acceptors (Lipinski definition) is 3. The Balaban J connectivity index is 2.05. The van der Waals surface area contributed by atoms with Gasteiger partial charge in [0.1, 0.15) is 11.4 Å². The molecule has 4 nitrogen and oxygen atoms in total. The molecule has 0 aromatic heterocycles. The van der Waals surface area contributed by atoms with Crippen LogP contribution in [0.2, 0.25) is 5.02 Å². The average Bonchev–Trinajstić information content (AvgIpc) is 2.56. The normalized spacial score (nSPS) is 16.4. The Morgan fingerprint density at radius 3 is 2.52 bits per heavy atom. The second-order valence-corrected chi connectivity index (χ2v) is 6.84. The summed E-state index contributed by atoms with van der Waals surface area (Å²) in [6, 6.07) is 10.6. The van der Waals surface area contributed by atoms with E-state index in [1.807, 2.05) is 0 Å². The van der Waals surface area contributed by atoms with Crippen LogP contribution in [0.4, 0.5) is 10.1 Å². The van der Waals surface area contributed by atoms with Gasteiger partial charge in [-0.2, -0.15) is 0 Å². The summed E-state index contributed by atoms with van der Waals surface area (Å²) >= 11 is 14.2. The molecule has 0 spiro atoms. The van der Waals surface area contributed by atoms with Gasteiger partial charge < -0.3 is 0 Å². The Morgan fingerprint density at radius 1 is 1.16 bits per heavy atom. The van der Waals surface area contributed by atoms with Crippen LogP contribution in [0.3, 0.4) is 0 Å². The molecule has 1 fully saturated rings. The highest BCUT2D eigenvalue weighted by Gasteiger charge is 2.34. The molecule has 1 N–H and O–H groups in total. The van der Waals surface area contributed by atoms with Gasteiger partial charge in [-0.1, -0.05) is 27.5 Å². The summed E-state index contributed by atoms with van der Waals surface area (Å²) in [5.74, 6) is -1.88. The molecule has 1 aliphatic heterocycles. The van der Waals surface area contributed by atoms with Gasteiger partial charge >= 0.3 is 0 Å². The van der Waals surface area contributed by atoms with E-state index in [0.29, 0.717) is 15.2 Å². The summed E-state index contributed by atoms with van der Waals surface area (Å²) in [6.07, 6.45) is 1.20. The van der Waals surface area contributed by atoms with Crippen molar-refractivity contribution in [3.05, 3.63) is 68.9 Å². The largest absolute Gasteiger partial charge is 0.298 e. The SMILES string of the molecule is O=C1NC(=S)N(c2ccc(Cl)cc2)C(=O)/C1=C/c1cc(Br)ccc1F. The van der Waals surface area contributed by atoms with Crippen molar-refractivity contribution in [2.24, 2.45) is 0 Å². The van der Waals surface area contributed by atoms with Crippen LogP contribution in [0.5, 0.6) is 0 Å². The van der Waals surface area contributed by atoms with E-state index < -0.39 is 17.6 Å². The van der Waals surface area contributed by atoms with Gasteiger partial charge in [-0.05, 0) is 60.8 Å². The lowest BCUT2D eigenvalue weighted by molar-refractivity contribution is -0.122. The molecule has 0 bridgehead atoms. The zero-order chi connectivity index (χ0) is 18.1. The van der Waals surface area contributed by atoms with E-state index in [0.717, 1.165) is 4.90 Å². The van der Waals surface area contributed by atoms with E-state index in [9.17, 15) is 14.0 Å². The van der Waals surface area contributed by atoms with Gasteiger partial charge in [0.2, 0.25) is 0 Å². The van der Waals surface area contributed by atoms with Crippen LogP contribution in [-0.2, 0) is 9.59 Å². The molecule has 2 aromatic carbocycles. The number of nitrogens with zero attached hydrogens (tertiary/aromatic N) is 1. The lowest BCUT2D eigenvalue weighted by Crippen LogP contribution is -2.54. The molecule has 0 aliphatic carbocycles. The van der Waals surface area contributed by atoms with Crippen molar-refractivity contribution in [1.82, 2.24) is 5.32 Å². The summed E-state index contributed by atoms with van der Waals surface area (Å²) < 4.78 is 14.6. The molecule has 126 valence electrons. The number of carbonyl (C=O) groups excluding carboxylic acids is 2. The van der Waals surface area contributed by atoms with Gasteiger partial charge in [-0.15, -0.1) is 0 Å². The molecule has 0 unspecified atom stereocenters. The highest BCUT2D eigenvalue weighted by Crippen LogP contribution is 2.25. The molecule has 0 atom stereocenters. The molecule has 1 saturated heterocycles. The van der Waals surface area contributed by atoms with Crippen LogP contribution in [0.1, 0.15) is 5.56 Å².